The van der Waals surface area contributed by atoms with Gasteiger partial charge in [-0.15, -0.1) is 0 Å². The summed E-state index contributed by atoms with van der Waals surface area (Å²) in [5.41, 5.74) is 0. The van der Waals surface area contributed by atoms with E-state index in [2.05, 4.69) is 13.8 Å². The third-order valence-electron chi connectivity index (χ3n) is 2.96. The van der Waals surface area contributed by atoms with Crippen LogP contribution >= 0.6 is 0 Å². The maximum absolute atomic E-state index is 10.7. The largest absolute Gasteiger partial charge is 0.463 e. The van der Waals surface area contributed by atoms with Crippen LogP contribution in [0.4, 0.5) is 0 Å². The van der Waals surface area contributed by atoms with Crippen LogP contribution in [0.5, 0.6) is 0 Å². The molecule has 0 aliphatic rings. The summed E-state index contributed by atoms with van der Waals surface area (Å²) in [6, 6.07) is 0. The third kappa shape index (κ3) is 13.4. The summed E-state index contributed by atoms with van der Waals surface area (Å²) >= 11 is 0. The summed E-state index contributed by atoms with van der Waals surface area (Å²) in [4.78, 5) is 10.7. The highest BCUT2D eigenvalue weighted by atomic mass is 16.5. The Balaban J connectivity index is 3.10. The molecule has 0 rings (SSSR count). The fourth-order valence-electron chi connectivity index (χ4n) is 1.98. The predicted octanol–water partition coefficient (Wildman–Crippen LogP) is 4.67. The number of carbonyl (C=O) groups is 1. The van der Waals surface area contributed by atoms with E-state index >= 15 is 0 Å². The van der Waals surface area contributed by atoms with Gasteiger partial charge in [0.15, 0.2) is 0 Å². The van der Waals surface area contributed by atoms with Crippen LogP contribution in [0.3, 0.4) is 0 Å². The zero-order valence-corrected chi connectivity index (χ0v) is 11.7. The molecule has 17 heavy (non-hydrogen) atoms. The quantitative estimate of drug-likeness (QED) is 0.388. The Kier molecular flexibility index (Phi) is 11.6. The van der Waals surface area contributed by atoms with Crippen LogP contribution in [0, 0.1) is 6.92 Å². The summed E-state index contributed by atoms with van der Waals surface area (Å²) in [5, 5.41) is 0. The Morgan fingerprint density at radius 3 is 1.94 bits per heavy atom. The lowest BCUT2D eigenvalue weighted by molar-refractivity contribution is -0.144. The fourth-order valence-corrected chi connectivity index (χ4v) is 1.98. The lowest BCUT2D eigenvalue weighted by atomic mass is 10.1. The molecule has 2 nitrogen and oxygen atoms in total. The van der Waals surface area contributed by atoms with E-state index in [0.29, 0.717) is 0 Å². The maximum atomic E-state index is 10.7. The van der Waals surface area contributed by atoms with Crippen molar-refractivity contribution in [3.05, 3.63) is 6.92 Å². The topological polar surface area (TPSA) is 26.3 Å². The van der Waals surface area contributed by atoms with Gasteiger partial charge in [-0.1, -0.05) is 58.3 Å². The van der Waals surface area contributed by atoms with Gasteiger partial charge in [0.25, 0.3) is 0 Å². The maximum Gasteiger partial charge on any atom is 0.302 e. The Morgan fingerprint density at radius 1 is 1.00 bits per heavy atom. The van der Waals surface area contributed by atoms with Crippen LogP contribution in [0.25, 0.3) is 0 Å². The van der Waals surface area contributed by atoms with Crippen LogP contribution in [0.1, 0.15) is 78.1 Å². The second-order valence-corrected chi connectivity index (χ2v) is 4.85. The molecule has 1 atom stereocenters. The van der Waals surface area contributed by atoms with Crippen LogP contribution in [0.2, 0.25) is 0 Å². The molecular formula is C15H29O2. The van der Waals surface area contributed by atoms with Crippen molar-refractivity contribution in [2.24, 2.45) is 0 Å². The standard InChI is InChI=1S/C15H29O2/c1-4-5-6-7-8-9-10-11-12-13-14(2)17-15(3)16/h14H,2,4-13H2,1,3H3. The van der Waals surface area contributed by atoms with Crippen LogP contribution < -0.4 is 0 Å². The predicted molar refractivity (Wildman–Crippen MR) is 72.8 cm³/mol. The van der Waals surface area contributed by atoms with Gasteiger partial charge in [-0.25, -0.2) is 0 Å². The van der Waals surface area contributed by atoms with E-state index in [9.17, 15) is 4.79 Å². The molecule has 1 unspecified atom stereocenters. The zero-order chi connectivity index (χ0) is 12.9. The fraction of sp³-hybridized carbons (Fsp3) is 0.867. The number of hydrogen-bond acceptors (Lipinski definition) is 2. The molecule has 0 saturated carbocycles. The second kappa shape index (κ2) is 11.9. The van der Waals surface area contributed by atoms with Gasteiger partial charge in [0.2, 0.25) is 0 Å². The van der Waals surface area contributed by atoms with Gasteiger partial charge >= 0.3 is 5.97 Å². The molecule has 0 amide bonds. The highest BCUT2D eigenvalue weighted by Gasteiger charge is 2.04. The Bertz CT molecular complexity index is 178. The molecule has 0 aromatic rings. The van der Waals surface area contributed by atoms with Gasteiger partial charge in [0.1, 0.15) is 6.10 Å². The Labute approximate surface area is 107 Å². The molecule has 0 aromatic carbocycles. The molecule has 101 valence electrons. The summed E-state index contributed by atoms with van der Waals surface area (Å²) in [6.45, 7) is 7.49. The van der Waals surface area contributed by atoms with Gasteiger partial charge < -0.3 is 4.74 Å². The van der Waals surface area contributed by atoms with Crippen molar-refractivity contribution in [2.75, 3.05) is 0 Å². The van der Waals surface area contributed by atoms with E-state index in [-0.39, 0.29) is 12.1 Å². The first-order chi connectivity index (χ1) is 8.16. The lowest BCUT2D eigenvalue weighted by Crippen LogP contribution is -2.12. The van der Waals surface area contributed by atoms with E-state index in [1.807, 2.05) is 0 Å². The van der Waals surface area contributed by atoms with Crippen molar-refractivity contribution in [1.29, 1.82) is 0 Å². The van der Waals surface area contributed by atoms with E-state index in [1.54, 1.807) is 0 Å². The molecule has 0 fully saturated rings. The Morgan fingerprint density at radius 2 is 1.47 bits per heavy atom. The van der Waals surface area contributed by atoms with E-state index in [4.69, 9.17) is 4.74 Å². The van der Waals surface area contributed by atoms with Crippen molar-refractivity contribution < 1.29 is 9.53 Å². The Hall–Kier alpha value is -0.530. The van der Waals surface area contributed by atoms with E-state index in [0.717, 1.165) is 12.8 Å². The summed E-state index contributed by atoms with van der Waals surface area (Å²) in [7, 11) is 0. The molecule has 0 aliphatic carbocycles. The number of rotatable bonds is 11. The van der Waals surface area contributed by atoms with Crippen LogP contribution in [-0.4, -0.2) is 12.1 Å². The van der Waals surface area contributed by atoms with Crippen molar-refractivity contribution >= 4 is 5.97 Å². The molecule has 2 heteroatoms. The molecule has 0 aliphatic heterocycles. The van der Waals surface area contributed by atoms with E-state index in [1.165, 1.54) is 58.3 Å². The van der Waals surface area contributed by atoms with Crippen molar-refractivity contribution in [3.8, 4) is 0 Å². The van der Waals surface area contributed by atoms with Crippen molar-refractivity contribution in [1.82, 2.24) is 0 Å². The first-order valence-corrected chi connectivity index (χ1v) is 7.17. The average molecular weight is 241 g/mol. The monoisotopic (exact) mass is 241 g/mol. The second-order valence-electron chi connectivity index (χ2n) is 4.85. The van der Waals surface area contributed by atoms with Gasteiger partial charge in [-0.2, -0.15) is 0 Å². The highest BCUT2D eigenvalue weighted by Crippen LogP contribution is 2.12. The molecule has 0 spiro atoms. The summed E-state index contributed by atoms with van der Waals surface area (Å²) in [6.07, 6.45) is 12.6. The first-order valence-electron chi connectivity index (χ1n) is 7.17. The van der Waals surface area contributed by atoms with Crippen LogP contribution in [0.15, 0.2) is 0 Å². The highest BCUT2D eigenvalue weighted by molar-refractivity contribution is 5.66. The third-order valence-corrected chi connectivity index (χ3v) is 2.96. The minimum Gasteiger partial charge on any atom is -0.463 e. The SMILES string of the molecule is [CH2]C(CCCCCCCCCCC)OC(C)=O. The zero-order valence-electron chi connectivity index (χ0n) is 11.7. The number of hydrogen-bond donors (Lipinski definition) is 0. The normalized spacial score (nSPS) is 12.4. The first kappa shape index (κ1) is 16.5. The van der Waals surface area contributed by atoms with Crippen LogP contribution in [-0.2, 0) is 9.53 Å². The molecule has 0 aromatic heterocycles. The lowest BCUT2D eigenvalue weighted by Gasteiger charge is -2.10. The molecule has 0 saturated heterocycles. The smallest absolute Gasteiger partial charge is 0.302 e. The minimum atomic E-state index is -0.221. The number of esters is 1. The number of unbranched alkanes of at least 4 members (excludes halogenated alkanes) is 8. The van der Waals surface area contributed by atoms with Crippen molar-refractivity contribution in [3.63, 3.8) is 0 Å². The summed E-state index contributed by atoms with van der Waals surface area (Å²) < 4.78 is 4.97. The molecule has 0 bridgehead atoms. The van der Waals surface area contributed by atoms with Gasteiger partial charge in [-0.05, 0) is 19.8 Å². The van der Waals surface area contributed by atoms with Crippen molar-refractivity contribution in [2.45, 2.75) is 84.2 Å². The minimum absolute atomic E-state index is 0.156. The average Bonchev–Trinajstić information content (AvgIpc) is 2.26. The molecular weight excluding hydrogens is 212 g/mol. The molecule has 0 heterocycles. The van der Waals surface area contributed by atoms with Gasteiger partial charge in [0.05, 0.1) is 0 Å². The number of ether oxygens (including phenoxy) is 1. The molecule has 1 radical (unpaired) electrons. The summed E-state index contributed by atoms with van der Waals surface area (Å²) in [5.74, 6) is -0.221. The van der Waals surface area contributed by atoms with E-state index < -0.39 is 0 Å². The van der Waals surface area contributed by atoms with Gasteiger partial charge in [-0.3, -0.25) is 4.79 Å². The number of carbonyl (C=O) groups excluding carboxylic acids is 1. The molecule has 0 N–H and O–H groups in total. The van der Waals surface area contributed by atoms with Gasteiger partial charge in [0, 0.05) is 6.92 Å².